The Bertz CT molecular complexity index is 354. The van der Waals surface area contributed by atoms with Crippen molar-refractivity contribution in [3.8, 4) is 0 Å². The summed E-state index contributed by atoms with van der Waals surface area (Å²) in [6.07, 6.45) is 1.85. The molecule has 0 heterocycles. The van der Waals surface area contributed by atoms with Gasteiger partial charge in [-0.1, -0.05) is 11.6 Å². The minimum Gasteiger partial charge on any atom is -0.258 e. The van der Waals surface area contributed by atoms with Crippen molar-refractivity contribution >= 4 is 29.1 Å². The molecule has 0 saturated carbocycles. The lowest BCUT2D eigenvalue weighted by molar-refractivity contribution is -0.385. The van der Waals surface area contributed by atoms with Gasteiger partial charge in [-0.2, -0.15) is 0 Å². The van der Waals surface area contributed by atoms with Gasteiger partial charge in [0.05, 0.1) is 9.95 Å². The van der Waals surface area contributed by atoms with E-state index in [-0.39, 0.29) is 5.69 Å². The minimum absolute atomic E-state index is 0.119. The van der Waals surface area contributed by atoms with Crippen LogP contribution in [0.1, 0.15) is 5.56 Å². The summed E-state index contributed by atoms with van der Waals surface area (Å²) >= 11 is 7.28. The van der Waals surface area contributed by atoms with Crippen LogP contribution < -0.4 is 0 Å². The van der Waals surface area contributed by atoms with Crippen molar-refractivity contribution in [2.24, 2.45) is 0 Å². The smallest absolute Gasteiger partial charge is 0.258 e. The van der Waals surface area contributed by atoms with E-state index < -0.39 is 4.92 Å². The van der Waals surface area contributed by atoms with E-state index in [1.54, 1.807) is 13.0 Å². The number of rotatable bonds is 2. The van der Waals surface area contributed by atoms with Gasteiger partial charge in [-0.15, -0.1) is 11.8 Å². The molecule has 0 aliphatic rings. The molecule has 1 rings (SSSR count). The summed E-state index contributed by atoms with van der Waals surface area (Å²) in [4.78, 5) is 10.9. The van der Waals surface area contributed by atoms with Crippen molar-refractivity contribution in [1.82, 2.24) is 0 Å². The van der Waals surface area contributed by atoms with Gasteiger partial charge in [-0.25, -0.2) is 0 Å². The lowest BCUT2D eigenvalue weighted by atomic mass is 10.2. The van der Waals surface area contributed by atoms with E-state index in [2.05, 4.69) is 0 Å². The number of benzene rings is 1. The van der Waals surface area contributed by atoms with Gasteiger partial charge >= 0.3 is 0 Å². The maximum Gasteiger partial charge on any atom is 0.273 e. The largest absolute Gasteiger partial charge is 0.273 e. The maximum atomic E-state index is 10.6. The number of halogens is 1. The lowest BCUT2D eigenvalue weighted by Crippen LogP contribution is -1.93. The topological polar surface area (TPSA) is 43.1 Å². The van der Waals surface area contributed by atoms with E-state index in [9.17, 15) is 10.1 Å². The highest BCUT2D eigenvalue weighted by molar-refractivity contribution is 7.98. The van der Waals surface area contributed by atoms with E-state index in [0.717, 1.165) is 4.90 Å². The number of thioether (sulfide) groups is 1. The molecule has 0 fully saturated rings. The molecule has 0 aliphatic heterocycles. The van der Waals surface area contributed by atoms with Crippen LogP contribution in [0, 0.1) is 17.0 Å². The molecule has 0 aliphatic carbocycles. The molecular weight excluding hydrogens is 210 g/mol. The molecule has 0 bridgehead atoms. The number of nitro groups is 1. The lowest BCUT2D eigenvalue weighted by Gasteiger charge is -2.04. The molecule has 13 heavy (non-hydrogen) atoms. The van der Waals surface area contributed by atoms with Crippen LogP contribution in [-0.4, -0.2) is 11.2 Å². The van der Waals surface area contributed by atoms with Crippen molar-refractivity contribution in [3.63, 3.8) is 0 Å². The van der Waals surface area contributed by atoms with Gasteiger partial charge in [0.25, 0.3) is 5.69 Å². The average molecular weight is 218 g/mol. The minimum atomic E-state index is -0.397. The first kappa shape index (κ1) is 10.3. The van der Waals surface area contributed by atoms with Crippen LogP contribution in [0.5, 0.6) is 0 Å². The summed E-state index contributed by atoms with van der Waals surface area (Å²) in [6.45, 7) is 1.70. The Kier molecular flexibility index (Phi) is 3.17. The molecule has 3 nitrogen and oxygen atoms in total. The summed E-state index contributed by atoms with van der Waals surface area (Å²) in [5.41, 5.74) is 0.749. The summed E-state index contributed by atoms with van der Waals surface area (Å²) in [7, 11) is 0. The van der Waals surface area contributed by atoms with E-state index in [0.29, 0.717) is 10.6 Å². The second-order valence-electron chi connectivity index (χ2n) is 2.48. The van der Waals surface area contributed by atoms with Crippen LogP contribution >= 0.6 is 23.4 Å². The average Bonchev–Trinajstić information content (AvgIpc) is 2.04. The van der Waals surface area contributed by atoms with Crippen molar-refractivity contribution in [3.05, 3.63) is 32.8 Å². The van der Waals surface area contributed by atoms with Crippen LogP contribution in [0.25, 0.3) is 0 Å². The highest BCUT2D eigenvalue weighted by Gasteiger charge is 2.15. The molecule has 70 valence electrons. The van der Waals surface area contributed by atoms with Gasteiger partial charge in [0, 0.05) is 16.5 Å². The van der Waals surface area contributed by atoms with Crippen LogP contribution in [0.3, 0.4) is 0 Å². The van der Waals surface area contributed by atoms with Crippen LogP contribution in [-0.2, 0) is 0 Å². The van der Waals surface area contributed by atoms with Crippen molar-refractivity contribution < 1.29 is 4.92 Å². The Morgan fingerprint density at radius 1 is 1.54 bits per heavy atom. The molecule has 0 spiro atoms. The SMILES string of the molecule is CSc1c(Cl)ccc([N+](=O)[O-])c1C. The number of hydrogen-bond donors (Lipinski definition) is 0. The molecule has 5 heteroatoms. The molecule has 0 amide bonds. The van der Waals surface area contributed by atoms with Gasteiger partial charge in [-0.05, 0) is 19.2 Å². The van der Waals surface area contributed by atoms with Crippen LogP contribution in [0.4, 0.5) is 5.69 Å². The zero-order valence-electron chi connectivity index (χ0n) is 7.20. The van der Waals surface area contributed by atoms with Crippen molar-refractivity contribution in [1.29, 1.82) is 0 Å². The fraction of sp³-hybridized carbons (Fsp3) is 0.250. The second-order valence-corrected chi connectivity index (χ2v) is 3.71. The van der Waals surface area contributed by atoms with Crippen molar-refractivity contribution in [2.45, 2.75) is 11.8 Å². The summed E-state index contributed by atoms with van der Waals surface area (Å²) in [6, 6.07) is 2.98. The van der Waals surface area contributed by atoms with Gasteiger partial charge in [0.2, 0.25) is 0 Å². The molecule has 0 aromatic heterocycles. The third-order valence-corrected chi connectivity index (χ3v) is 3.09. The fourth-order valence-electron chi connectivity index (χ4n) is 1.10. The second kappa shape index (κ2) is 3.98. The molecule has 0 N–H and O–H groups in total. The quantitative estimate of drug-likeness (QED) is 0.434. The Hall–Kier alpha value is -0.740. The Morgan fingerprint density at radius 2 is 2.15 bits per heavy atom. The molecule has 0 saturated heterocycles. The number of nitro benzene ring substituents is 1. The van der Waals surface area contributed by atoms with E-state index in [4.69, 9.17) is 11.6 Å². The molecule has 0 unspecified atom stereocenters. The number of hydrogen-bond acceptors (Lipinski definition) is 3. The van der Waals surface area contributed by atoms with Gasteiger partial charge in [0.1, 0.15) is 0 Å². The van der Waals surface area contributed by atoms with Gasteiger partial charge in [0.15, 0.2) is 0 Å². The predicted octanol–water partition coefficient (Wildman–Crippen LogP) is 3.28. The monoisotopic (exact) mass is 217 g/mol. The highest BCUT2D eigenvalue weighted by Crippen LogP contribution is 2.33. The molecular formula is C8H8ClNO2S. The Labute approximate surface area is 85.2 Å². The zero-order valence-corrected chi connectivity index (χ0v) is 8.78. The first-order chi connectivity index (χ1) is 6.07. The van der Waals surface area contributed by atoms with Gasteiger partial charge in [-0.3, -0.25) is 10.1 Å². The fourth-order valence-corrected chi connectivity index (χ4v) is 2.21. The molecule has 1 aromatic carbocycles. The first-order valence-electron chi connectivity index (χ1n) is 3.55. The Balaban J connectivity index is 3.35. The highest BCUT2D eigenvalue weighted by atomic mass is 35.5. The third-order valence-electron chi connectivity index (χ3n) is 1.73. The van der Waals surface area contributed by atoms with Crippen LogP contribution in [0.15, 0.2) is 17.0 Å². The molecule has 0 radical (unpaired) electrons. The van der Waals surface area contributed by atoms with Gasteiger partial charge < -0.3 is 0 Å². The normalized spacial score (nSPS) is 10.1. The van der Waals surface area contributed by atoms with Crippen LogP contribution in [0.2, 0.25) is 5.02 Å². The summed E-state index contributed by atoms with van der Waals surface area (Å²) < 4.78 is 0. The zero-order chi connectivity index (χ0) is 10.0. The maximum absolute atomic E-state index is 10.6. The first-order valence-corrected chi connectivity index (χ1v) is 5.15. The third kappa shape index (κ3) is 1.95. The van der Waals surface area contributed by atoms with E-state index in [1.165, 1.54) is 17.8 Å². The van der Waals surface area contributed by atoms with E-state index >= 15 is 0 Å². The predicted molar refractivity (Wildman–Crippen MR) is 54.6 cm³/mol. The number of nitrogens with zero attached hydrogens (tertiary/aromatic N) is 1. The summed E-state index contributed by atoms with van der Waals surface area (Å²) in [5, 5.41) is 11.1. The Morgan fingerprint density at radius 3 is 2.62 bits per heavy atom. The molecule has 0 atom stereocenters. The molecule has 1 aromatic rings. The van der Waals surface area contributed by atoms with E-state index in [1.807, 2.05) is 6.26 Å². The summed E-state index contributed by atoms with van der Waals surface area (Å²) in [5.74, 6) is 0. The standard InChI is InChI=1S/C8H8ClNO2S/c1-5-7(10(11)12)4-3-6(9)8(5)13-2/h3-4H,1-2H3. The van der Waals surface area contributed by atoms with Crippen molar-refractivity contribution in [2.75, 3.05) is 6.26 Å².